The quantitative estimate of drug-likeness (QED) is 0.787. The molecular weight excluding hydrogens is 338 g/mol. The van der Waals surface area contributed by atoms with E-state index in [2.05, 4.69) is 29.8 Å². The summed E-state index contributed by atoms with van der Waals surface area (Å²) in [5.74, 6) is -1.11. The van der Waals surface area contributed by atoms with Gasteiger partial charge in [-0.3, -0.25) is 0 Å². The molecule has 0 amide bonds. The molecular formula is C17H17BrF2O. The van der Waals surface area contributed by atoms with Crippen molar-refractivity contribution in [1.82, 2.24) is 0 Å². The highest BCUT2D eigenvalue weighted by Crippen LogP contribution is 2.30. The largest absolute Gasteiger partial charge is 0.383 e. The van der Waals surface area contributed by atoms with Gasteiger partial charge in [-0.1, -0.05) is 54.0 Å². The van der Waals surface area contributed by atoms with E-state index in [1.807, 2.05) is 12.1 Å². The standard InChI is InChI=1S/C17H17BrF2O/c1-3-10(2)11-4-6-12(7-5-11)17(21)16-14(19)8-13(18)9-15(16)20/h4-10,17,21H,3H2,1-2H3. The van der Waals surface area contributed by atoms with Crippen LogP contribution >= 0.6 is 15.9 Å². The summed E-state index contributed by atoms with van der Waals surface area (Å²) >= 11 is 3.02. The van der Waals surface area contributed by atoms with Crippen molar-refractivity contribution < 1.29 is 13.9 Å². The van der Waals surface area contributed by atoms with Crippen molar-refractivity contribution in [3.63, 3.8) is 0 Å². The number of hydrogen-bond acceptors (Lipinski definition) is 1. The Morgan fingerprint density at radius 3 is 2.00 bits per heavy atom. The molecule has 0 bridgehead atoms. The van der Waals surface area contributed by atoms with Gasteiger partial charge in [0, 0.05) is 4.47 Å². The van der Waals surface area contributed by atoms with E-state index >= 15 is 0 Å². The third-order valence-corrected chi connectivity index (χ3v) is 4.21. The molecule has 1 N–H and O–H groups in total. The molecule has 0 saturated heterocycles. The molecule has 112 valence electrons. The summed E-state index contributed by atoms with van der Waals surface area (Å²) in [6, 6.07) is 9.51. The van der Waals surface area contributed by atoms with Crippen LogP contribution in [0.2, 0.25) is 0 Å². The first-order chi connectivity index (χ1) is 9.93. The second-order valence-corrected chi connectivity index (χ2v) is 6.08. The molecule has 0 aromatic heterocycles. The SMILES string of the molecule is CCC(C)c1ccc(C(O)c2c(F)cc(Br)cc2F)cc1. The molecule has 2 rings (SSSR count). The van der Waals surface area contributed by atoms with Gasteiger partial charge >= 0.3 is 0 Å². The van der Waals surface area contributed by atoms with Crippen LogP contribution in [0.1, 0.15) is 49.0 Å². The van der Waals surface area contributed by atoms with Crippen molar-refractivity contribution in [2.45, 2.75) is 32.3 Å². The maximum atomic E-state index is 13.9. The third kappa shape index (κ3) is 3.50. The number of rotatable bonds is 4. The van der Waals surface area contributed by atoms with Crippen molar-refractivity contribution in [3.05, 3.63) is 69.2 Å². The predicted molar refractivity (Wildman–Crippen MR) is 83.3 cm³/mol. The molecule has 0 aliphatic heterocycles. The highest BCUT2D eigenvalue weighted by Gasteiger charge is 2.20. The third-order valence-electron chi connectivity index (χ3n) is 3.75. The van der Waals surface area contributed by atoms with Crippen LogP contribution in [0, 0.1) is 11.6 Å². The molecule has 0 aliphatic rings. The van der Waals surface area contributed by atoms with E-state index in [1.165, 1.54) is 0 Å². The van der Waals surface area contributed by atoms with Crippen LogP contribution in [0.3, 0.4) is 0 Å². The number of benzene rings is 2. The van der Waals surface area contributed by atoms with Gasteiger partial charge < -0.3 is 5.11 Å². The van der Waals surface area contributed by atoms with E-state index in [4.69, 9.17) is 0 Å². The number of halogens is 3. The van der Waals surface area contributed by atoms with Gasteiger partial charge in [0.1, 0.15) is 17.7 Å². The van der Waals surface area contributed by atoms with Gasteiger partial charge in [0.05, 0.1) is 5.56 Å². The molecule has 0 radical (unpaired) electrons. The van der Waals surface area contributed by atoms with Gasteiger partial charge in [0.2, 0.25) is 0 Å². The Hall–Kier alpha value is -1.26. The molecule has 0 aliphatic carbocycles. The minimum absolute atomic E-state index is 0.306. The number of aliphatic hydroxyl groups is 1. The van der Waals surface area contributed by atoms with Crippen molar-refractivity contribution >= 4 is 15.9 Å². The number of hydrogen-bond donors (Lipinski definition) is 1. The van der Waals surface area contributed by atoms with Crippen LogP contribution in [0.25, 0.3) is 0 Å². The van der Waals surface area contributed by atoms with E-state index in [0.717, 1.165) is 24.1 Å². The van der Waals surface area contributed by atoms with Crippen LogP contribution in [-0.4, -0.2) is 5.11 Å². The fourth-order valence-electron chi connectivity index (χ4n) is 2.22. The summed E-state index contributed by atoms with van der Waals surface area (Å²) < 4.78 is 28.1. The lowest BCUT2D eigenvalue weighted by molar-refractivity contribution is 0.209. The molecule has 1 nitrogen and oxygen atoms in total. The molecule has 21 heavy (non-hydrogen) atoms. The summed E-state index contributed by atoms with van der Waals surface area (Å²) in [5, 5.41) is 10.2. The Morgan fingerprint density at radius 2 is 1.52 bits per heavy atom. The normalized spacial score (nSPS) is 14.0. The van der Waals surface area contributed by atoms with Crippen LogP contribution in [-0.2, 0) is 0 Å². The van der Waals surface area contributed by atoms with Crippen molar-refractivity contribution in [2.75, 3.05) is 0 Å². The molecule has 2 unspecified atom stereocenters. The molecule has 4 heteroatoms. The van der Waals surface area contributed by atoms with Gasteiger partial charge in [0.15, 0.2) is 0 Å². The van der Waals surface area contributed by atoms with Gasteiger partial charge in [-0.15, -0.1) is 0 Å². The molecule has 0 fully saturated rings. The molecule has 0 spiro atoms. The van der Waals surface area contributed by atoms with Crippen molar-refractivity contribution in [3.8, 4) is 0 Å². The topological polar surface area (TPSA) is 20.2 Å². The minimum atomic E-state index is -1.32. The zero-order valence-electron chi connectivity index (χ0n) is 11.9. The van der Waals surface area contributed by atoms with Gasteiger partial charge in [-0.2, -0.15) is 0 Å². The summed E-state index contributed by atoms with van der Waals surface area (Å²) in [4.78, 5) is 0. The molecule has 0 heterocycles. The Bertz CT molecular complexity index is 602. The van der Waals surface area contributed by atoms with E-state index < -0.39 is 17.7 Å². The van der Waals surface area contributed by atoms with Crippen LogP contribution < -0.4 is 0 Å². The average Bonchev–Trinajstić information content (AvgIpc) is 2.45. The van der Waals surface area contributed by atoms with Gasteiger partial charge in [-0.25, -0.2) is 8.78 Å². The fraction of sp³-hybridized carbons (Fsp3) is 0.294. The Kier molecular flexibility index (Phi) is 5.12. The highest BCUT2D eigenvalue weighted by molar-refractivity contribution is 9.10. The zero-order valence-corrected chi connectivity index (χ0v) is 13.5. The van der Waals surface area contributed by atoms with Crippen LogP contribution in [0.15, 0.2) is 40.9 Å². The van der Waals surface area contributed by atoms with Gasteiger partial charge in [-0.05, 0) is 35.6 Å². The smallest absolute Gasteiger partial charge is 0.133 e. The molecule has 2 atom stereocenters. The highest BCUT2D eigenvalue weighted by atomic mass is 79.9. The fourth-order valence-corrected chi connectivity index (χ4v) is 2.63. The minimum Gasteiger partial charge on any atom is -0.383 e. The average molecular weight is 355 g/mol. The second-order valence-electron chi connectivity index (χ2n) is 5.16. The van der Waals surface area contributed by atoms with Crippen LogP contribution in [0.5, 0.6) is 0 Å². The van der Waals surface area contributed by atoms with Crippen LogP contribution in [0.4, 0.5) is 8.78 Å². The first-order valence-corrected chi connectivity index (χ1v) is 7.65. The van der Waals surface area contributed by atoms with E-state index in [0.29, 0.717) is 16.0 Å². The summed E-state index contributed by atoms with van der Waals surface area (Å²) in [7, 11) is 0. The first-order valence-electron chi connectivity index (χ1n) is 6.86. The second kappa shape index (κ2) is 6.67. The summed E-state index contributed by atoms with van der Waals surface area (Å²) in [6.07, 6.45) is -0.304. The summed E-state index contributed by atoms with van der Waals surface area (Å²) in [5.41, 5.74) is 1.29. The summed E-state index contributed by atoms with van der Waals surface area (Å²) in [6.45, 7) is 4.21. The lowest BCUT2D eigenvalue weighted by atomic mass is 9.94. The Labute approximate surface area is 131 Å². The maximum Gasteiger partial charge on any atom is 0.133 e. The van der Waals surface area contributed by atoms with E-state index in [1.54, 1.807) is 12.1 Å². The molecule has 2 aromatic rings. The van der Waals surface area contributed by atoms with Crippen molar-refractivity contribution in [2.24, 2.45) is 0 Å². The van der Waals surface area contributed by atoms with E-state index in [9.17, 15) is 13.9 Å². The maximum absolute atomic E-state index is 13.9. The predicted octanol–water partition coefficient (Wildman–Crippen LogP) is 5.32. The Morgan fingerprint density at radius 1 is 1.05 bits per heavy atom. The van der Waals surface area contributed by atoms with E-state index in [-0.39, 0.29) is 5.56 Å². The zero-order chi connectivity index (χ0) is 15.6. The lowest BCUT2D eigenvalue weighted by Gasteiger charge is -2.15. The monoisotopic (exact) mass is 354 g/mol. The number of aliphatic hydroxyl groups excluding tert-OH is 1. The van der Waals surface area contributed by atoms with Gasteiger partial charge in [0.25, 0.3) is 0 Å². The molecule has 2 aromatic carbocycles. The van der Waals surface area contributed by atoms with Crippen molar-refractivity contribution in [1.29, 1.82) is 0 Å². The Balaban J connectivity index is 2.34. The molecule has 0 saturated carbocycles. The lowest BCUT2D eigenvalue weighted by Crippen LogP contribution is -2.06. The first kappa shape index (κ1) is 16.1.